The SMILES string of the molecule is O=C(CCc1ncc(-c2ccccc2)o1)NCCCN1CCCCC1. The summed E-state index contributed by atoms with van der Waals surface area (Å²) >= 11 is 0. The molecule has 0 saturated carbocycles. The van der Waals surface area contributed by atoms with Crippen molar-refractivity contribution in [2.24, 2.45) is 0 Å². The minimum atomic E-state index is 0.0677. The lowest BCUT2D eigenvalue weighted by Gasteiger charge is -2.26. The number of nitrogens with one attached hydrogen (secondary N) is 1. The molecule has 134 valence electrons. The molecule has 1 aliphatic heterocycles. The third-order valence-corrected chi connectivity index (χ3v) is 4.60. The van der Waals surface area contributed by atoms with Gasteiger partial charge in [-0.1, -0.05) is 36.8 Å². The van der Waals surface area contributed by atoms with Gasteiger partial charge in [0.1, 0.15) is 0 Å². The van der Waals surface area contributed by atoms with Crippen LogP contribution in [-0.4, -0.2) is 42.0 Å². The third-order valence-electron chi connectivity index (χ3n) is 4.60. The summed E-state index contributed by atoms with van der Waals surface area (Å²) < 4.78 is 5.73. The van der Waals surface area contributed by atoms with E-state index < -0.39 is 0 Å². The third kappa shape index (κ3) is 5.71. The predicted octanol–water partition coefficient (Wildman–Crippen LogP) is 3.27. The standard InChI is InChI=1S/C20H27N3O2/c24-19(21-12-7-15-23-13-5-2-6-14-23)10-11-20-22-16-18(25-20)17-8-3-1-4-9-17/h1,3-4,8-9,16H,2,5-7,10-15H2,(H,21,24). The van der Waals surface area contributed by atoms with E-state index in [9.17, 15) is 4.79 Å². The zero-order chi connectivity index (χ0) is 17.3. The molecule has 1 N–H and O–H groups in total. The number of aromatic nitrogens is 1. The molecule has 5 heteroatoms. The number of likely N-dealkylation sites (tertiary alicyclic amines) is 1. The fourth-order valence-electron chi connectivity index (χ4n) is 3.18. The van der Waals surface area contributed by atoms with Gasteiger partial charge in [0, 0.05) is 24.9 Å². The molecule has 25 heavy (non-hydrogen) atoms. The van der Waals surface area contributed by atoms with E-state index in [0.717, 1.165) is 30.8 Å². The number of benzene rings is 1. The van der Waals surface area contributed by atoms with E-state index >= 15 is 0 Å². The Bertz CT molecular complexity index is 648. The van der Waals surface area contributed by atoms with E-state index in [4.69, 9.17) is 4.42 Å². The monoisotopic (exact) mass is 341 g/mol. The van der Waals surface area contributed by atoms with Crippen LogP contribution in [0.3, 0.4) is 0 Å². The van der Waals surface area contributed by atoms with Crippen LogP contribution in [0.15, 0.2) is 40.9 Å². The molecule has 1 amide bonds. The zero-order valence-corrected chi connectivity index (χ0v) is 14.7. The lowest BCUT2D eigenvalue weighted by Crippen LogP contribution is -2.33. The number of rotatable bonds is 8. The van der Waals surface area contributed by atoms with Crippen LogP contribution in [0.2, 0.25) is 0 Å². The Balaban J connectivity index is 1.33. The number of oxazole rings is 1. The van der Waals surface area contributed by atoms with Crippen molar-refractivity contribution in [3.05, 3.63) is 42.4 Å². The number of hydrogen-bond donors (Lipinski definition) is 1. The van der Waals surface area contributed by atoms with Crippen LogP contribution in [0.1, 0.15) is 38.0 Å². The molecule has 0 atom stereocenters. The molecule has 1 aliphatic rings. The molecular formula is C20H27N3O2. The van der Waals surface area contributed by atoms with Crippen LogP contribution < -0.4 is 5.32 Å². The summed E-state index contributed by atoms with van der Waals surface area (Å²) in [6, 6.07) is 9.87. The molecule has 0 bridgehead atoms. The summed E-state index contributed by atoms with van der Waals surface area (Å²) in [5.74, 6) is 1.43. The molecule has 1 saturated heterocycles. The van der Waals surface area contributed by atoms with Gasteiger partial charge in [0.2, 0.25) is 5.91 Å². The van der Waals surface area contributed by atoms with Crippen molar-refractivity contribution in [3.63, 3.8) is 0 Å². The molecule has 1 fully saturated rings. The first-order valence-corrected chi connectivity index (χ1v) is 9.30. The van der Waals surface area contributed by atoms with Crippen molar-refractivity contribution in [2.75, 3.05) is 26.2 Å². The Morgan fingerprint density at radius 1 is 1.16 bits per heavy atom. The minimum absolute atomic E-state index is 0.0677. The first kappa shape index (κ1) is 17.7. The van der Waals surface area contributed by atoms with Gasteiger partial charge < -0.3 is 14.6 Å². The van der Waals surface area contributed by atoms with Crippen LogP contribution >= 0.6 is 0 Å². The Morgan fingerprint density at radius 3 is 2.76 bits per heavy atom. The summed E-state index contributed by atoms with van der Waals surface area (Å²) in [6.07, 6.45) is 7.67. The average Bonchev–Trinajstić information content (AvgIpc) is 3.14. The number of hydrogen-bond acceptors (Lipinski definition) is 4. The summed E-state index contributed by atoms with van der Waals surface area (Å²) in [6.45, 7) is 4.25. The number of nitrogens with zero attached hydrogens (tertiary/aromatic N) is 2. The van der Waals surface area contributed by atoms with Crippen LogP contribution in [0.4, 0.5) is 0 Å². The van der Waals surface area contributed by atoms with E-state index in [1.165, 1.54) is 32.4 Å². The Labute approximate surface area is 149 Å². The quantitative estimate of drug-likeness (QED) is 0.749. The first-order chi connectivity index (χ1) is 12.3. The highest BCUT2D eigenvalue weighted by Gasteiger charge is 2.10. The fourth-order valence-corrected chi connectivity index (χ4v) is 3.18. The van der Waals surface area contributed by atoms with Crippen LogP contribution in [0.25, 0.3) is 11.3 Å². The predicted molar refractivity (Wildman–Crippen MR) is 98.2 cm³/mol. The van der Waals surface area contributed by atoms with Gasteiger partial charge in [0.05, 0.1) is 6.20 Å². The molecule has 2 heterocycles. The largest absolute Gasteiger partial charge is 0.441 e. The van der Waals surface area contributed by atoms with Gasteiger partial charge in [0.15, 0.2) is 11.7 Å². The normalized spacial score (nSPS) is 15.2. The molecule has 0 unspecified atom stereocenters. The summed E-state index contributed by atoms with van der Waals surface area (Å²) in [5, 5.41) is 3.00. The molecular weight excluding hydrogens is 314 g/mol. The maximum absolute atomic E-state index is 12.0. The Hall–Kier alpha value is -2.14. The van der Waals surface area contributed by atoms with Crippen LogP contribution in [0, 0.1) is 0 Å². The van der Waals surface area contributed by atoms with Gasteiger partial charge >= 0.3 is 0 Å². The van der Waals surface area contributed by atoms with E-state index in [-0.39, 0.29) is 5.91 Å². The molecule has 5 nitrogen and oxygen atoms in total. The molecule has 0 radical (unpaired) electrons. The lowest BCUT2D eigenvalue weighted by atomic mass is 10.1. The smallest absolute Gasteiger partial charge is 0.220 e. The van der Waals surface area contributed by atoms with Gasteiger partial charge in [-0.05, 0) is 38.9 Å². The lowest BCUT2D eigenvalue weighted by molar-refractivity contribution is -0.121. The molecule has 1 aromatic heterocycles. The molecule has 0 aliphatic carbocycles. The maximum Gasteiger partial charge on any atom is 0.220 e. The summed E-state index contributed by atoms with van der Waals surface area (Å²) in [4.78, 5) is 18.7. The van der Waals surface area contributed by atoms with Crippen molar-refractivity contribution in [2.45, 2.75) is 38.5 Å². The topological polar surface area (TPSA) is 58.4 Å². The van der Waals surface area contributed by atoms with Gasteiger partial charge in [-0.25, -0.2) is 4.98 Å². The van der Waals surface area contributed by atoms with Gasteiger partial charge in [-0.2, -0.15) is 0 Å². The number of aryl methyl sites for hydroxylation is 1. The highest BCUT2D eigenvalue weighted by Crippen LogP contribution is 2.20. The van der Waals surface area contributed by atoms with E-state index in [1.54, 1.807) is 6.20 Å². The van der Waals surface area contributed by atoms with Gasteiger partial charge in [-0.3, -0.25) is 4.79 Å². The number of amides is 1. The van der Waals surface area contributed by atoms with Gasteiger partial charge in [0.25, 0.3) is 0 Å². The second-order valence-electron chi connectivity index (χ2n) is 6.59. The van der Waals surface area contributed by atoms with Crippen molar-refractivity contribution < 1.29 is 9.21 Å². The van der Waals surface area contributed by atoms with Crippen molar-refractivity contribution in [1.82, 2.24) is 15.2 Å². The Morgan fingerprint density at radius 2 is 1.96 bits per heavy atom. The number of carbonyl (C=O) groups is 1. The molecule has 1 aromatic carbocycles. The highest BCUT2D eigenvalue weighted by atomic mass is 16.4. The van der Waals surface area contributed by atoms with Crippen LogP contribution in [-0.2, 0) is 11.2 Å². The van der Waals surface area contributed by atoms with Crippen molar-refractivity contribution >= 4 is 5.91 Å². The second kappa shape index (κ2) is 9.37. The summed E-state index contributed by atoms with van der Waals surface area (Å²) in [5.41, 5.74) is 1.00. The Kier molecular flexibility index (Phi) is 6.63. The average molecular weight is 341 g/mol. The molecule has 2 aromatic rings. The van der Waals surface area contributed by atoms with Crippen molar-refractivity contribution in [1.29, 1.82) is 0 Å². The maximum atomic E-state index is 12.0. The van der Waals surface area contributed by atoms with E-state index in [1.807, 2.05) is 30.3 Å². The fraction of sp³-hybridized carbons (Fsp3) is 0.500. The minimum Gasteiger partial charge on any atom is -0.441 e. The first-order valence-electron chi connectivity index (χ1n) is 9.30. The number of piperidine rings is 1. The van der Waals surface area contributed by atoms with Gasteiger partial charge in [-0.15, -0.1) is 0 Å². The molecule has 3 rings (SSSR count). The highest BCUT2D eigenvalue weighted by molar-refractivity contribution is 5.76. The molecule has 0 spiro atoms. The van der Waals surface area contributed by atoms with Crippen molar-refractivity contribution in [3.8, 4) is 11.3 Å². The van der Waals surface area contributed by atoms with E-state index in [0.29, 0.717) is 18.7 Å². The summed E-state index contributed by atoms with van der Waals surface area (Å²) in [7, 11) is 0. The number of carbonyl (C=O) groups excluding carboxylic acids is 1. The van der Waals surface area contributed by atoms with E-state index in [2.05, 4.69) is 15.2 Å². The van der Waals surface area contributed by atoms with Crippen LogP contribution in [0.5, 0.6) is 0 Å². The zero-order valence-electron chi connectivity index (χ0n) is 14.7. The second-order valence-corrected chi connectivity index (χ2v) is 6.59.